The molecule has 0 aromatic rings. The highest BCUT2D eigenvalue weighted by molar-refractivity contribution is 5.72. The average molecular weight is 154 g/mol. The summed E-state index contributed by atoms with van der Waals surface area (Å²) >= 11 is 0. The number of hydrogen-bond acceptors (Lipinski definition) is 2. The van der Waals surface area contributed by atoms with E-state index in [9.17, 15) is 4.79 Å². The highest BCUT2D eigenvalue weighted by Crippen LogP contribution is 2.38. The first kappa shape index (κ1) is 6.85. The van der Waals surface area contributed by atoms with Crippen molar-refractivity contribution in [2.45, 2.75) is 25.6 Å². The van der Waals surface area contributed by atoms with Gasteiger partial charge in [0.05, 0.1) is 18.1 Å². The van der Waals surface area contributed by atoms with Crippen LogP contribution in [-0.4, -0.2) is 23.3 Å². The summed E-state index contributed by atoms with van der Waals surface area (Å²) in [7, 11) is 0. The Hall–Kier alpha value is -0.830. The SMILES string of the molecule is CC1=C[C@H]2C[C@@H](C(=O)O)[C@@H]1O2. The second-order valence-corrected chi connectivity index (χ2v) is 3.19. The smallest absolute Gasteiger partial charge is 0.309 e. The van der Waals surface area contributed by atoms with Crippen molar-refractivity contribution in [2.24, 2.45) is 5.92 Å². The summed E-state index contributed by atoms with van der Waals surface area (Å²) in [5, 5.41) is 8.75. The van der Waals surface area contributed by atoms with Gasteiger partial charge in [0.1, 0.15) is 0 Å². The molecule has 1 fully saturated rings. The maximum absolute atomic E-state index is 10.6. The number of aliphatic carboxylic acids is 1. The van der Waals surface area contributed by atoms with E-state index in [-0.39, 0.29) is 18.1 Å². The normalized spacial score (nSPS) is 40.8. The molecule has 2 aliphatic heterocycles. The molecule has 0 saturated carbocycles. The van der Waals surface area contributed by atoms with Crippen LogP contribution < -0.4 is 0 Å². The molecule has 0 aromatic heterocycles. The fraction of sp³-hybridized carbons (Fsp3) is 0.625. The summed E-state index contributed by atoms with van der Waals surface area (Å²) < 4.78 is 5.38. The lowest BCUT2D eigenvalue weighted by Crippen LogP contribution is -2.25. The Kier molecular flexibility index (Phi) is 1.29. The number of carboxylic acid groups (broad SMARTS) is 1. The van der Waals surface area contributed by atoms with Crippen LogP contribution in [0.3, 0.4) is 0 Å². The van der Waals surface area contributed by atoms with Gasteiger partial charge in [-0.15, -0.1) is 0 Å². The molecule has 2 rings (SSSR count). The first-order valence-electron chi connectivity index (χ1n) is 3.75. The third-order valence-electron chi connectivity index (χ3n) is 2.39. The molecule has 1 N–H and O–H groups in total. The third kappa shape index (κ3) is 0.878. The van der Waals surface area contributed by atoms with E-state index in [1.165, 1.54) is 0 Å². The van der Waals surface area contributed by atoms with Gasteiger partial charge in [0.25, 0.3) is 0 Å². The molecule has 3 nitrogen and oxygen atoms in total. The van der Waals surface area contributed by atoms with Crippen molar-refractivity contribution in [3.05, 3.63) is 11.6 Å². The van der Waals surface area contributed by atoms with E-state index >= 15 is 0 Å². The summed E-state index contributed by atoms with van der Waals surface area (Å²) in [4.78, 5) is 10.6. The van der Waals surface area contributed by atoms with Gasteiger partial charge in [-0.1, -0.05) is 6.08 Å². The van der Waals surface area contributed by atoms with Gasteiger partial charge in [0, 0.05) is 0 Å². The fourth-order valence-corrected chi connectivity index (χ4v) is 1.86. The largest absolute Gasteiger partial charge is 0.481 e. The van der Waals surface area contributed by atoms with E-state index in [0.29, 0.717) is 6.42 Å². The summed E-state index contributed by atoms with van der Waals surface area (Å²) in [5.74, 6) is -1.03. The third-order valence-corrected chi connectivity index (χ3v) is 2.39. The van der Waals surface area contributed by atoms with E-state index in [1.807, 2.05) is 13.0 Å². The van der Waals surface area contributed by atoms with Crippen molar-refractivity contribution < 1.29 is 14.6 Å². The average Bonchev–Trinajstić information content (AvgIpc) is 2.43. The Balaban J connectivity index is 2.21. The number of hydrogen-bond donors (Lipinski definition) is 1. The number of carboxylic acids is 1. The molecule has 1 saturated heterocycles. The van der Waals surface area contributed by atoms with Crippen LogP contribution in [0, 0.1) is 5.92 Å². The molecule has 11 heavy (non-hydrogen) atoms. The van der Waals surface area contributed by atoms with Crippen LogP contribution in [-0.2, 0) is 9.53 Å². The van der Waals surface area contributed by atoms with Gasteiger partial charge >= 0.3 is 5.97 Å². The fourth-order valence-electron chi connectivity index (χ4n) is 1.86. The molecular formula is C8H10O3. The van der Waals surface area contributed by atoms with Crippen molar-refractivity contribution in [1.82, 2.24) is 0 Å². The van der Waals surface area contributed by atoms with E-state index in [1.54, 1.807) is 0 Å². The molecule has 2 bridgehead atoms. The Labute approximate surface area is 64.7 Å². The lowest BCUT2D eigenvalue weighted by Gasteiger charge is -2.13. The van der Waals surface area contributed by atoms with E-state index in [2.05, 4.69) is 0 Å². The summed E-state index contributed by atoms with van der Waals surface area (Å²) in [6.45, 7) is 1.93. The maximum atomic E-state index is 10.6. The molecule has 2 aliphatic rings. The lowest BCUT2D eigenvalue weighted by molar-refractivity contribution is -0.142. The van der Waals surface area contributed by atoms with Gasteiger partial charge in [0.2, 0.25) is 0 Å². The monoisotopic (exact) mass is 154 g/mol. The first-order chi connectivity index (χ1) is 5.18. The zero-order chi connectivity index (χ0) is 8.01. The topological polar surface area (TPSA) is 46.5 Å². The first-order valence-corrected chi connectivity index (χ1v) is 3.75. The Bertz CT molecular complexity index is 231. The molecule has 0 unspecified atom stereocenters. The van der Waals surface area contributed by atoms with Gasteiger partial charge in [-0.2, -0.15) is 0 Å². The predicted octanol–water partition coefficient (Wildman–Crippen LogP) is 0.805. The Morgan fingerprint density at radius 2 is 2.55 bits per heavy atom. The van der Waals surface area contributed by atoms with Crippen LogP contribution in [0.4, 0.5) is 0 Å². The van der Waals surface area contributed by atoms with E-state index < -0.39 is 5.97 Å². The second kappa shape index (κ2) is 2.08. The van der Waals surface area contributed by atoms with Crippen molar-refractivity contribution in [2.75, 3.05) is 0 Å². The number of carbonyl (C=O) groups is 1. The van der Waals surface area contributed by atoms with Crippen LogP contribution in [0.2, 0.25) is 0 Å². The summed E-state index contributed by atoms with van der Waals surface area (Å²) in [6, 6.07) is 0. The molecule has 3 heteroatoms. The molecule has 0 aromatic carbocycles. The lowest BCUT2D eigenvalue weighted by atomic mass is 9.90. The van der Waals surface area contributed by atoms with E-state index in [4.69, 9.17) is 9.84 Å². The van der Waals surface area contributed by atoms with Crippen molar-refractivity contribution in [1.29, 1.82) is 0 Å². The maximum Gasteiger partial charge on any atom is 0.309 e. The number of rotatable bonds is 1. The molecule has 0 spiro atoms. The second-order valence-electron chi connectivity index (χ2n) is 3.19. The molecular weight excluding hydrogens is 144 g/mol. The molecule has 0 radical (unpaired) electrons. The molecule has 3 atom stereocenters. The van der Waals surface area contributed by atoms with Crippen LogP contribution in [0.5, 0.6) is 0 Å². The van der Waals surface area contributed by atoms with Gasteiger partial charge in [-0.05, 0) is 18.9 Å². The van der Waals surface area contributed by atoms with Gasteiger partial charge in [0.15, 0.2) is 0 Å². The van der Waals surface area contributed by atoms with Crippen molar-refractivity contribution in [3.63, 3.8) is 0 Å². The Morgan fingerprint density at radius 1 is 1.82 bits per heavy atom. The van der Waals surface area contributed by atoms with Gasteiger partial charge in [-0.3, -0.25) is 4.79 Å². The number of ether oxygens (including phenoxy) is 1. The minimum Gasteiger partial charge on any atom is -0.481 e. The van der Waals surface area contributed by atoms with E-state index in [0.717, 1.165) is 5.57 Å². The van der Waals surface area contributed by atoms with Crippen LogP contribution >= 0.6 is 0 Å². The minimum atomic E-state index is -0.732. The van der Waals surface area contributed by atoms with Gasteiger partial charge in [-0.25, -0.2) is 0 Å². The van der Waals surface area contributed by atoms with Crippen LogP contribution in [0.15, 0.2) is 11.6 Å². The standard InChI is InChI=1S/C8H10O3/c1-4-2-5-3-6(8(9)10)7(4)11-5/h2,5-7H,3H2,1H3,(H,9,10)/t5-,6+,7+/m0/s1. The molecule has 0 aliphatic carbocycles. The molecule has 60 valence electrons. The zero-order valence-electron chi connectivity index (χ0n) is 6.28. The predicted molar refractivity (Wildman–Crippen MR) is 38.2 cm³/mol. The minimum absolute atomic E-state index is 0.0705. The number of fused-ring (bicyclic) bond motifs is 2. The quantitative estimate of drug-likeness (QED) is 0.568. The molecule has 2 heterocycles. The van der Waals surface area contributed by atoms with Crippen molar-refractivity contribution >= 4 is 5.97 Å². The summed E-state index contributed by atoms with van der Waals surface area (Å²) in [5.41, 5.74) is 1.08. The zero-order valence-corrected chi connectivity index (χ0v) is 6.28. The highest BCUT2D eigenvalue weighted by Gasteiger charge is 2.44. The van der Waals surface area contributed by atoms with Crippen molar-refractivity contribution in [3.8, 4) is 0 Å². The molecule has 0 amide bonds. The van der Waals surface area contributed by atoms with Gasteiger partial charge < -0.3 is 9.84 Å². The Morgan fingerprint density at radius 3 is 2.91 bits per heavy atom. The summed E-state index contributed by atoms with van der Waals surface area (Å²) in [6.07, 6.45) is 2.60. The van der Waals surface area contributed by atoms with Crippen LogP contribution in [0.25, 0.3) is 0 Å². The van der Waals surface area contributed by atoms with Crippen LogP contribution in [0.1, 0.15) is 13.3 Å². The highest BCUT2D eigenvalue weighted by atomic mass is 16.5.